The number of alkyl halides is 3. The third kappa shape index (κ3) is 3.83. The van der Waals surface area contributed by atoms with Crippen LogP contribution in [-0.2, 0) is 0 Å². The predicted octanol–water partition coefficient (Wildman–Crippen LogP) is 1.47. The fourth-order valence-corrected chi connectivity index (χ4v) is 3.02. The maximum Gasteiger partial charge on any atom is 0.401 e. The van der Waals surface area contributed by atoms with Gasteiger partial charge in [0.1, 0.15) is 0 Å². The van der Waals surface area contributed by atoms with E-state index in [1.54, 1.807) is 0 Å². The summed E-state index contributed by atoms with van der Waals surface area (Å²) in [5.74, 6) is 0. The number of aliphatic hydroxyl groups is 1. The zero-order valence-corrected chi connectivity index (χ0v) is 10.5. The highest BCUT2D eigenvalue weighted by Gasteiger charge is 2.35. The van der Waals surface area contributed by atoms with Gasteiger partial charge in [0.05, 0.1) is 12.6 Å². The summed E-state index contributed by atoms with van der Waals surface area (Å²) in [7, 11) is 0. The molecule has 1 N–H and O–H groups in total. The molecule has 1 saturated heterocycles. The molecule has 18 heavy (non-hydrogen) atoms. The van der Waals surface area contributed by atoms with Crippen molar-refractivity contribution in [3.05, 3.63) is 0 Å². The van der Waals surface area contributed by atoms with E-state index in [9.17, 15) is 18.3 Å². The van der Waals surface area contributed by atoms with Crippen LogP contribution in [-0.4, -0.2) is 66.0 Å². The molecule has 1 saturated carbocycles. The Kier molecular flexibility index (Phi) is 4.50. The van der Waals surface area contributed by atoms with Crippen molar-refractivity contribution in [2.75, 3.05) is 32.7 Å². The van der Waals surface area contributed by atoms with Crippen LogP contribution in [0.5, 0.6) is 0 Å². The largest absolute Gasteiger partial charge is 0.401 e. The number of hydrogen-bond donors (Lipinski definition) is 1. The molecule has 0 aromatic rings. The molecule has 3 nitrogen and oxygen atoms in total. The lowest BCUT2D eigenvalue weighted by molar-refractivity contribution is -0.150. The Labute approximate surface area is 106 Å². The summed E-state index contributed by atoms with van der Waals surface area (Å²) in [6.07, 6.45) is -0.427. The maximum absolute atomic E-state index is 12.3. The Morgan fingerprint density at radius 1 is 1.00 bits per heavy atom. The summed E-state index contributed by atoms with van der Waals surface area (Å²) >= 11 is 0. The molecule has 2 rings (SSSR count). The molecule has 0 bridgehead atoms. The van der Waals surface area contributed by atoms with Crippen LogP contribution in [0.25, 0.3) is 0 Å². The maximum atomic E-state index is 12.3. The highest BCUT2D eigenvalue weighted by molar-refractivity contribution is 4.86. The zero-order chi connectivity index (χ0) is 13.2. The van der Waals surface area contributed by atoms with Crippen LogP contribution in [0.3, 0.4) is 0 Å². The van der Waals surface area contributed by atoms with E-state index in [0.29, 0.717) is 26.2 Å². The second-order valence-corrected chi connectivity index (χ2v) is 5.35. The Hall–Kier alpha value is -0.330. The molecule has 0 unspecified atom stereocenters. The molecule has 0 aromatic heterocycles. The minimum absolute atomic E-state index is 0.159. The minimum atomic E-state index is -4.10. The fourth-order valence-electron chi connectivity index (χ4n) is 3.02. The molecular weight excluding hydrogens is 245 g/mol. The number of aliphatic hydroxyl groups excluding tert-OH is 1. The van der Waals surface area contributed by atoms with Gasteiger partial charge in [0.25, 0.3) is 0 Å². The van der Waals surface area contributed by atoms with E-state index in [1.807, 2.05) is 0 Å². The van der Waals surface area contributed by atoms with Gasteiger partial charge in [0, 0.05) is 32.2 Å². The summed E-state index contributed by atoms with van der Waals surface area (Å²) < 4.78 is 36.8. The SMILES string of the molecule is O[C@H]1CCCC[C@@H]1N1CCN(CC(F)(F)F)CC1. The number of hydrogen-bond acceptors (Lipinski definition) is 3. The molecule has 0 amide bonds. The third-order valence-electron chi connectivity index (χ3n) is 3.97. The van der Waals surface area contributed by atoms with Gasteiger partial charge >= 0.3 is 6.18 Å². The van der Waals surface area contributed by atoms with Crippen LogP contribution >= 0.6 is 0 Å². The number of nitrogens with zero attached hydrogens (tertiary/aromatic N) is 2. The highest BCUT2D eigenvalue weighted by atomic mass is 19.4. The molecule has 0 radical (unpaired) electrons. The van der Waals surface area contributed by atoms with Gasteiger partial charge in [0.15, 0.2) is 0 Å². The Morgan fingerprint density at radius 3 is 2.17 bits per heavy atom. The van der Waals surface area contributed by atoms with Crippen LogP contribution < -0.4 is 0 Å². The first kappa shape index (κ1) is 14.1. The van der Waals surface area contributed by atoms with E-state index >= 15 is 0 Å². The topological polar surface area (TPSA) is 26.7 Å². The van der Waals surface area contributed by atoms with Crippen molar-refractivity contribution in [2.24, 2.45) is 0 Å². The normalized spacial score (nSPS) is 32.7. The van der Waals surface area contributed by atoms with Gasteiger partial charge in [0.2, 0.25) is 0 Å². The second-order valence-electron chi connectivity index (χ2n) is 5.35. The van der Waals surface area contributed by atoms with E-state index in [0.717, 1.165) is 25.7 Å². The summed E-state index contributed by atoms with van der Waals surface area (Å²) in [4.78, 5) is 3.61. The van der Waals surface area contributed by atoms with Crippen LogP contribution in [0.15, 0.2) is 0 Å². The lowest BCUT2D eigenvalue weighted by Gasteiger charge is -2.42. The zero-order valence-electron chi connectivity index (χ0n) is 10.5. The van der Waals surface area contributed by atoms with E-state index in [4.69, 9.17) is 0 Å². The van der Waals surface area contributed by atoms with Gasteiger partial charge in [-0.3, -0.25) is 9.80 Å². The summed E-state index contributed by atoms with van der Waals surface area (Å²) in [6.45, 7) is 1.36. The molecule has 2 aliphatic rings. The van der Waals surface area contributed by atoms with Crippen LogP contribution in [0.2, 0.25) is 0 Å². The van der Waals surface area contributed by atoms with Crippen LogP contribution in [0.4, 0.5) is 13.2 Å². The Balaban J connectivity index is 1.79. The van der Waals surface area contributed by atoms with E-state index < -0.39 is 12.7 Å². The van der Waals surface area contributed by atoms with E-state index in [-0.39, 0.29) is 12.1 Å². The standard InChI is InChI=1S/C12H21F3N2O/c13-12(14,15)9-16-5-7-17(8-6-16)10-3-1-2-4-11(10)18/h10-11,18H,1-9H2/t10-,11-/m0/s1. The summed E-state index contributed by atoms with van der Waals surface area (Å²) in [5, 5.41) is 9.94. The van der Waals surface area contributed by atoms with Crippen molar-refractivity contribution in [3.63, 3.8) is 0 Å². The molecular formula is C12H21F3N2O. The average Bonchev–Trinajstić information content (AvgIpc) is 2.29. The fraction of sp³-hybridized carbons (Fsp3) is 1.00. The van der Waals surface area contributed by atoms with Gasteiger partial charge in [-0.2, -0.15) is 13.2 Å². The van der Waals surface area contributed by atoms with Crippen LogP contribution in [0.1, 0.15) is 25.7 Å². The first-order valence-corrected chi connectivity index (χ1v) is 6.67. The summed E-state index contributed by atoms with van der Waals surface area (Å²) in [5.41, 5.74) is 0. The van der Waals surface area contributed by atoms with E-state index in [1.165, 1.54) is 4.90 Å². The molecule has 1 heterocycles. The van der Waals surface area contributed by atoms with Crippen molar-refractivity contribution in [1.82, 2.24) is 9.80 Å². The lowest BCUT2D eigenvalue weighted by Crippen LogP contribution is -2.55. The van der Waals surface area contributed by atoms with E-state index in [2.05, 4.69) is 4.90 Å². The van der Waals surface area contributed by atoms with Gasteiger partial charge < -0.3 is 5.11 Å². The van der Waals surface area contributed by atoms with Crippen molar-refractivity contribution in [3.8, 4) is 0 Å². The van der Waals surface area contributed by atoms with Crippen molar-refractivity contribution in [2.45, 2.75) is 44.0 Å². The first-order chi connectivity index (χ1) is 8.46. The molecule has 1 aliphatic heterocycles. The Bertz CT molecular complexity index is 265. The predicted molar refractivity (Wildman–Crippen MR) is 62.3 cm³/mol. The number of rotatable bonds is 2. The quantitative estimate of drug-likeness (QED) is 0.820. The van der Waals surface area contributed by atoms with Gasteiger partial charge in [-0.15, -0.1) is 0 Å². The molecule has 106 valence electrons. The molecule has 6 heteroatoms. The van der Waals surface area contributed by atoms with Gasteiger partial charge in [-0.05, 0) is 12.8 Å². The monoisotopic (exact) mass is 266 g/mol. The van der Waals surface area contributed by atoms with Crippen LogP contribution in [0, 0.1) is 0 Å². The second kappa shape index (κ2) is 5.75. The lowest BCUT2D eigenvalue weighted by atomic mass is 9.91. The van der Waals surface area contributed by atoms with Gasteiger partial charge in [-0.1, -0.05) is 12.8 Å². The Morgan fingerprint density at radius 2 is 1.61 bits per heavy atom. The number of piperazine rings is 1. The third-order valence-corrected chi connectivity index (χ3v) is 3.97. The molecule has 0 spiro atoms. The molecule has 0 aromatic carbocycles. The summed E-state index contributed by atoms with van der Waals surface area (Å²) in [6, 6.07) is 0.159. The molecule has 1 aliphatic carbocycles. The smallest absolute Gasteiger partial charge is 0.391 e. The molecule has 2 fully saturated rings. The first-order valence-electron chi connectivity index (χ1n) is 6.67. The van der Waals surface area contributed by atoms with Crippen molar-refractivity contribution in [1.29, 1.82) is 0 Å². The average molecular weight is 266 g/mol. The highest BCUT2D eigenvalue weighted by Crippen LogP contribution is 2.25. The molecule has 2 atom stereocenters. The minimum Gasteiger partial charge on any atom is -0.391 e. The number of halogens is 3. The van der Waals surface area contributed by atoms with Crippen molar-refractivity contribution >= 4 is 0 Å². The van der Waals surface area contributed by atoms with Crippen molar-refractivity contribution < 1.29 is 18.3 Å². The van der Waals surface area contributed by atoms with Gasteiger partial charge in [-0.25, -0.2) is 0 Å².